The lowest BCUT2D eigenvalue weighted by atomic mass is 9.91. The highest BCUT2D eigenvalue weighted by Crippen LogP contribution is 2.25. The first-order chi connectivity index (χ1) is 8.61. The molecule has 1 aliphatic heterocycles. The van der Waals surface area contributed by atoms with Crippen LogP contribution in [0.5, 0.6) is 0 Å². The third-order valence-electron chi connectivity index (χ3n) is 3.39. The van der Waals surface area contributed by atoms with Crippen LogP contribution in [0, 0.1) is 17.6 Å². The zero-order chi connectivity index (χ0) is 13.1. The van der Waals surface area contributed by atoms with Crippen LogP contribution in [-0.4, -0.2) is 18.5 Å². The first-order valence-corrected chi connectivity index (χ1v) is 6.20. The van der Waals surface area contributed by atoms with E-state index in [0.717, 1.165) is 25.0 Å². The van der Waals surface area contributed by atoms with Crippen molar-refractivity contribution in [3.05, 3.63) is 35.4 Å². The Morgan fingerprint density at radius 1 is 1.39 bits per heavy atom. The van der Waals surface area contributed by atoms with Gasteiger partial charge < -0.3 is 4.74 Å². The van der Waals surface area contributed by atoms with E-state index in [0.29, 0.717) is 12.2 Å². The fourth-order valence-corrected chi connectivity index (χ4v) is 2.40. The molecular formula is C14H16F2O2. The smallest absolute Gasteiger partial charge is 0.159 e. The lowest BCUT2D eigenvalue weighted by Gasteiger charge is -2.15. The molecule has 1 fully saturated rings. The summed E-state index contributed by atoms with van der Waals surface area (Å²) in [5, 5.41) is 0. The van der Waals surface area contributed by atoms with Gasteiger partial charge in [0.1, 0.15) is 5.78 Å². The van der Waals surface area contributed by atoms with Crippen molar-refractivity contribution in [2.24, 2.45) is 5.92 Å². The van der Waals surface area contributed by atoms with Crippen LogP contribution in [0.25, 0.3) is 0 Å². The van der Waals surface area contributed by atoms with E-state index in [-0.39, 0.29) is 24.2 Å². The van der Waals surface area contributed by atoms with Crippen molar-refractivity contribution < 1.29 is 18.3 Å². The third kappa shape index (κ3) is 2.75. The van der Waals surface area contributed by atoms with Crippen molar-refractivity contribution in [2.45, 2.75) is 32.3 Å². The van der Waals surface area contributed by atoms with Crippen molar-refractivity contribution >= 4 is 5.78 Å². The van der Waals surface area contributed by atoms with Crippen LogP contribution in [0.3, 0.4) is 0 Å². The molecule has 0 aliphatic carbocycles. The zero-order valence-electron chi connectivity index (χ0n) is 10.3. The van der Waals surface area contributed by atoms with E-state index in [4.69, 9.17) is 4.74 Å². The van der Waals surface area contributed by atoms with Crippen LogP contribution in [0.4, 0.5) is 8.78 Å². The van der Waals surface area contributed by atoms with Gasteiger partial charge in [-0.1, -0.05) is 13.0 Å². The quantitative estimate of drug-likeness (QED) is 0.825. The van der Waals surface area contributed by atoms with E-state index in [1.54, 1.807) is 0 Å². The van der Waals surface area contributed by atoms with E-state index in [1.165, 1.54) is 6.07 Å². The standard InChI is InChI=1S/C14H16F2O2/c1-2-14-10(5-6-18-14)13(17)8-9-3-4-11(15)12(16)7-9/h3-4,7,10,14H,2,5-6,8H2,1H3. The van der Waals surface area contributed by atoms with Crippen molar-refractivity contribution in [1.29, 1.82) is 0 Å². The highest BCUT2D eigenvalue weighted by atomic mass is 19.2. The lowest BCUT2D eigenvalue weighted by Crippen LogP contribution is -2.25. The van der Waals surface area contributed by atoms with Gasteiger partial charge in [0.2, 0.25) is 0 Å². The minimum absolute atomic E-state index is 0.0252. The Hall–Kier alpha value is -1.29. The second kappa shape index (κ2) is 5.57. The van der Waals surface area contributed by atoms with Crippen molar-refractivity contribution in [2.75, 3.05) is 6.61 Å². The van der Waals surface area contributed by atoms with Gasteiger partial charge in [-0.3, -0.25) is 4.79 Å². The number of halogens is 2. The third-order valence-corrected chi connectivity index (χ3v) is 3.39. The van der Waals surface area contributed by atoms with Gasteiger partial charge in [-0.15, -0.1) is 0 Å². The molecular weight excluding hydrogens is 238 g/mol. The molecule has 98 valence electrons. The van der Waals surface area contributed by atoms with E-state index < -0.39 is 11.6 Å². The second-order valence-electron chi connectivity index (χ2n) is 4.60. The molecule has 1 aromatic rings. The van der Waals surface area contributed by atoms with Gasteiger partial charge in [0, 0.05) is 18.9 Å². The summed E-state index contributed by atoms with van der Waals surface area (Å²) in [6.45, 7) is 2.58. The molecule has 0 radical (unpaired) electrons. The van der Waals surface area contributed by atoms with E-state index >= 15 is 0 Å². The van der Waals surface area contributed by atoms with Crippen LogP contribution in [-0.2, 0) is 16.0 Å². The maximum atomic E-state index is 13.0. The van der Waals surface area contributed by atoms with Gasteiger partial charge >= 0.3 is 0 Å². The zero-order valence-corrected chi connectivity index (χ0v) is 10.3. The van der Waals surface area contributed by atoms with Gasteiger partial charge in [0.15, 0.2) is 11.6 Å². The van der Waals surface area contributed by atoms with Gasteiger partial charge in [-0.25, -0.2) is 8.78 Å². The molecule has 0 N–H and O–H groups in total. The van der Waals surface area contributed by atoms with Crippen LogP contribution in [0.15, 0.2) is 18.2 Å². The van der Waals surface area contributed by atoms with Crippen LogP contribution < -0.4 is 0 Å². The molecule has 2 nitrogen and oxygen atoms in total. The molecule has 4 heteroatoms. The predicted octanol–water partition coefficient (Wildman–Crippen LogP) is 2.89. The monoisotopic (exact) mass is 254 g/mol. The van der Waals surface area contributed by atoms with Gasteiger partial charge in [-0.05, 0) is 30.5 Å². The summed E-state index contributed by atoms with van der Waals surface area (Å²) in [7, 11) is 0. The summed E-state index contributed by atoms with van der Waals surface area (Å²) < 4.78 is 31.3. The number of hydrogen-bond acceptors (Lipinski definition) is 2. The molecule has 2 unspecified atom stereocenters. The average molecular weight is 254 g/mol. The Labute approximate surface area is 105 Å². The fraction of sp³-hybridized carbons (Fsp3) is 0.500. The second-order valence-corrected chi connectivity index (χ2v) is 4.60. The maximum absolute atomic E-state index is 13.0. The normalized spacial score (nSPS) is 23.3. The van der Waals surface area contributed by atoms with Gasteiger partial charge in [0.25, 0.3) is 0 Å². The molecule has 0 saturated carbocycles. The number of Topliss-reactive ketones (excluding diaryl/α,β-unsaturated/α-hetero) is 1. The molecule has 0 bridgehead atoms. The van der Waals surface area contributed by atoms with Gasteiger partial charge in [0.05, 0.1) is 6.10 Å². The Balaban J connectivity index is 2.04. The number of benzene rings is 1. The average Bonchev–Trinajstić information content (AvgIpc) is 2.82. The number of hydrogen-bond donors (Lipinski definition) is 0. The molecule has 0 amide bonds. The largest absolute Gasteiger partial charge is 0.377 e. The molecule has 1 aliphatic rings. The summed E-state index contributed by atoms with van der Waals surface area (Å²) >= 11 is 0. The van der Waals surface area contributed by atoms with E-state index in [1.807, 2.05) is 6.92 Å². The lowest BCUT2D eigenvalue weighted by molar-refractivity contribution is -0.123. The molecule has 1 aromatic carbocycles. The Morgan fingerprint density at radius 3 is 2.83 bits per heavy atom. The Morgan fingerprint density at radius 2 is 2.17 bits per heavy atom. The molecule has 1 heterocycles. The van der Waals surface area contributed by atoms with Crippen LogP contribution >= 0.6 is 0 Å². The highest BCUT2D eigenvalue weighted by Gasteiger charge is 2.32. The first-order valence-electron chi connectivity index (χ1n) is 6.20. The minimum Gasteiger partial charge on any atom is -0.377 e. The Kier molecular flexibility index (Phi) is 4.07. The summed E-state index contributed by atoms with van der Waals surface area (Å²) in [4.78, 5) is 12.1. The topological polar surface area (TPSA) is 26.3 Å². The summed E-state index contributed by atoms with van der Waals surface area (Å²) in [6, 6.07) is 3.59. The van der Waals surface area contributed by atoms with Crippen LogP contribution in [0.2, 0.25) is 0 Å². The molecule has 2 atom stereocenters. The highest BCUT2D eigenvalue weighted by molar-refractivity contribution is 5.84. The molecule has 0 spiro atoms. The molecule has 1 saturated heterocycles. The summed E-state index contributed by atoms with van der Waals surface area (Å²) in [6.07, 6.45) is 1.64. The number of rotatable bonds is 4. The molecule has 18 heavy (non-hydrogen) atoms. The predicted molar refractivity (Wildman–Crippen MR) is 63.2 cm³/mol. The molecule has 0 aromatic heterocycles. The number of carbonyl (C=O) groups is 1. The number of carbonyl (C=O) groups excluding carboxylic acids is 1. The van der Waals surface area contributed by atoms with Crippen molar-refractivity contribution in [1.82, 2.24) is 0 Å². The molecule has 2 rings (SSSR count). The first kappa shape index (κ1) is 13.1. The van der Waals surface area contributed by atoms with E-state index in [9.17, 15) is 13.6 Å². The fourth-order valence-electron chi connectivity index (χ4n) is 2.40. The Bertz CT molecular complexity index is 445. The van der Waals surface area contributed by atoms with Crippen molar-refractivity contribution in [3.8, 4) is 0 Å². The number of ether oxygens (including phenoxy) is 1. The maximum Gasteiger partial charge on any atom is 0.159 e. The summed E-state index contributed by atoms with van der Waals surface area (Å²) in [5.41, 5.74) is 0.514. The summed E-state index contributed by atoms with van der Waals surface area (Å²) in [5.74, 6) is -1.86. The van der Waals surface area contributed by atoms with Crippen LogP contribution in [0.1, 0.15) is 25.3 Å². The van der Waals surface area contributed by atoms with E-state index in [2.05, 4.69) is 0 Å². The van der Waals surface area contributed by atoms with Gasteiger partial charge in [-0.2, -0.15) is 0 Å². The number of ketones is 1. The van der Waals surface area contributed by atoms with Crippen molar-refractivity contribution in [3.63, 3.8) is 0 Å². The SMILES string of the molecule is CCC1OCCC1C(=O)Cc1ccc(F)c(F)c1. The minimum atomic E-state index is -0.907.